The first-order chi connectivity index (χ1) is 4.76. The van der Waals surface area contributed by atoms with Crippen LogP contribution < -0.4 is 5.73 Å². The van der Waals surface area contributed by atoms with E-state index in [0.29, 0.717) is 0 Å². The lowest BCUT2D eigenvalue weighted by Gasteiger charge is -1.98. The van der Waals surface area contributed by atoms with Crippen molar-refractivity contribution in [1.82, 2.24) is 0 Å². The highest BCUT2D eigenvalue weighted by molar-refractivity contribution is 7.89. The maximum absolute atomic E-state index is 10.4. The smallest absolute Gasteiger partial charge is 0.290 e. The van der Waals surface area contributed by atoms with Crippen LogP contribution in [0, 0.1) is 0 Å². The van der Waals surface area contributed by atoms with Crippen LogP contribution in [0.25, 0.3) is 0 Å². The molecule has 64 valence electrons. The van der Waals surface area contributed by atoms with E-state index in [1.54, 1.807) is 0 Å². The van der Waals surface area contributed by atoms with Crippen molar-refractivity contribution in [2.75, 3.05) is 0 Å². The fourth-order valence-electron chi connectivity index (χ4n) is 0.367. The number of carbonyl (C=O) groups is 1. The second kappa shape index (κ2) is 3.02. The molecule has 0 aliphatic rings. The quantitative estimate of drug-likeness (QED) is 0.447. The predicted molar refractivity (Wildman–Crippen MR) is 39.1 cm³/mol. The molecule has 0 unspecified atom stereocenters. The van der Waals surface area contributed by atoms with E-state index in [1.165, 1.54) is 6.92 Å². The summed E-state index contributed by atoms with van der Waals surface area (Å²) in [5, 5.41) is 0. The van der Waals surface area contributed by atoms with Crippen molar-refractivity contribution in [3.63, 3.8) is 0 Å². The van der Waals surface area contributed by atoms with E-state index in [0.717, 1.165) is 6.92 Å². The van der Waals surface area contributed by atoms with Crippen molar-refractivity contribution >= 4 is 16.0 Å². The van der Waals surface area contributed by atoms with E-state index in [1.807, 2.05) is 0 Å². The number of hydrogen-bond donors (Lipinski definition) is 2. The van der Waals surface area contributed by atoms with Gasteiger partial charge in [-0.2, -0.15) is 8.42 Å². The topological polar surface area (TPSA) is 97.5 Å². The van der Waals surface area contributed by atoms with Crippen LogP contribution in [-0.4, -0.2) is 18.9 Å². The molecule has 0 aromatic carbocycles. The lowest BCUT2D eigenvalue weighted by molar-refractivity contribution is -0.114. The first-order valence-electron chi connectivity index (χ1n) is 2.71. The highest BCUT2D eigenvalue weighted by atomic mass is 32.2. The number of amides is 1. The zero-order valence-electron chi connectivity index (χ0n) is 6.16. The normalized spacial score (nSPS) is 14.1. The maximum atomic E-state index is 10.4. The maximum Gasteiger partial charge on any atom is 0.290 e. The van der Waals surface area contributed by atoms with Crippen molar-refractivity contribution in [2.45, 2.75) is 13.8 Å². The average Bonchev–Trinajstić information content (AvgIpc) is 1.82. The molecule has 6 heteroatoms. The summed E-state index contributed by atoms with van der Waals surface area (Å²) in [6, 6.07) is 0. The molecule has 0 fully saturated rings. The number of carbonyl (C=O) groups excluding carboxylic acids is 1. The summed E-state index contributed by atoms with van der Waals surface area (Å²) in [4.78, 5) is 9.96. The van der Waals surface area contributed by atoms with Crippen molar-refractivity contribution in [1.29, 1.82) is 0 Å². The molecule has 0 bridgehead atoms. The molecule has 0 aliphatic carbocycles. The zero-order valence-corrected chi connectivity index (χ0v) is 6.97. The van der Waals surface area contributed by atoms with Gasteiger partial charge in [0, 0.05) is 5.57 Å². The van der Waals surface area contributed by atoms with E-state index in [-0.39, 0.29) is 5.57 Å². The molecule has 0 saturated heterocycles. The van der Waals surface area contributed by atoms with Gasteiger partial charge >= 0.3 is 0 Å². The van der Waals surface area contributed by atoms with E-state index < -0.39 is 20.9 Å². The van der Waals surface area contributed by atoms with Gasteiger partial charge in [-0.15, -0.1) is 0 Å². The van der Waals surface area contributed by atoms with Crippen LogP contribution in [0.4, 0.5) is 0 Å². The van der Waals surface area contributed by atoms with Gasteiger partial charge in [0.2, 0.25) is 5.91 Å². The first kappa shape index (κ1) is 10.1. The number of allylic oxidation sites excluding steroid dienone is 1. The number of primary amides is 1. The minimum absolute atomic E-state index is 0.160. The van der Waals surface area contributed by atoms with Crippen LogP contribution >= 0.6 is 0 Å². The highest BCUT2D eigenvalue weighted by Crippen LogP contribution is 2.08. The summed E-state index contributed by atoms with van der Waals surface area (Å²) in [5.74, 6) is -0.861. The molecule has 0 rings (SSSR count). The Morgan fingerprint density at radius 1 is 1.36 bits per heavy atom. The van der Waals surface area contributed by atoms with Gasteiger partial charge in [-0.1, -0.05) is 0 Å². The van der Waals surface area contributed by atoms with Crippen LogP contribution in [0.2, 0.25) is 0 Å². The summed E-state index contributed by atoms with van der Waals surface area (Å²) in [7, 11) is -4.27. The molecule has 1 amide bonds. The van der Waals surface area contributed by atoms with Crippen LogP contribution in [0.5, 0.6) is 0 Å². The highest BCUT2D eigenvalue weighted by Gasteiger charge is 2.14. The van der Waals surface area contributed by atoms with Crippen molar-refractivity contribution in [3.8, 4) is 0 Å². The lowest BCUT2D eigenvalue weighted by atomic mass is 10.3. The molecule has 0 heterocycles. The Labute approximate surface area is 64.6 Å². The third kappa shape index (κ3) is 2.69. The number of hydrogen-bond acceptors (Lipinski definition) is 3. The summed E-state index contributed by atoms with van der Waals surface area (Å²) in [5.41, 5.74) is 4.60. The fraction of sp³-hybridized carbons (Fsp3) is 0.400. The predicted octanol–water partition coefficient (Wildman–Crippen LogP) is -0.347. The fourth-order valence-corrected chi connectivity index (χ4v) is 0.854. The molecule has 11 heavy (non-hydrogen) atoms. The van der Waals surface area contributed by atoms with Crippen molar-refractivity contribution in [2.24, 2.45) is 5.73 Å². The van der Waals surface area contributed by atoms with Gasteiger partial charge in [-0.25, -0.2) is 0 Å². The average molecular weight is 179 g/mol. The van der Waals surface area contributed by atoms with Gasteiger partial charge in [0.1, 0.15) is 0 Å². The monoisotopic (exact) mass is 179 g/mol. The first-order valence-corrected chi connectivity index (χ1v) is 4.15. The van der Waals surface area contributed by atoms with Crippen LogP contribution in [0.15, 0.2) is 10.5 Å². The minimum Gasteiger partial charge on any atom is -0.366 e. The second-order valence-electron chi connectivity index (χ2n) is 2.02. The van der Waals surface area contributed by atoms with E-state index in [2.05, 4.69) is 0 Å². The van der Waals surface area contributed by atoms with Gasteiger partial charge in [-0.05, 0) is 13.8 Å². The molecule has 0 aromatic heterocycles. The van der Waals surface area contributed by atoms with Crippen LogP contribution in [0.1, 0.15) is 13.8 Å². The largest absolute Gasteiger partial charge is 0.366 e. The Hall–Kier alpha value is -0.880. The molecular formula is C5H9NO4S. The Balaban J connectivity index is 5.16. The molecule has 0 aliphatic heterocycles. The van der Waals surface area contributed by atoms with Gasteiger partial charge in [0.25, 0.3) is 10.1 Å². The molecule has 5 nitrogen and oxygen atoms in total. The van der Waals surface area contributed by atoms with Gasteiger partial charge < -0.3 is 5.73 Å². The van der Waals surface area contributed by atoms with Crippen molar-refractivity contribution in [3.05, 3.63) is 10.5 Å². The van der Waals surface area contributed by atoms with E-state index in [4.69, 9.17) is 10.3 Å². The molecule has 3 N–H and O–H groups in total. The Morgan fingerprint density at radius 3 is 1.82 bits per heavy atom. The van der Waals surface area contributed by atoms with Crippen molar-refractivity contribution < 1.29 is 17.8 Å². The second-order valence-corrected chi connectivity index (χ2v) is 3.58. The standard InChI is InChI=1S/C5H9NO4S/c1-3(5(6)7)4(2)11(8,9)10/h1-2H3,(H2,6,7)(H,8,9,10). The summed E-state index contributed by atoms with van der Waals surface area (Å²) >= 11 is 0. The molecule has 0 saturated carbocycles. The van der Waals surface area contributed by atoms with Crippen LogP contribution in [0.3, 0.4) is 0 Å². The van der Waals surface area contributed by atoms with Crippen LogP contribution in [-0.2, 0) is 14.9 Å². The molecular weight excluding hydrogens is 170 g/mol. The number of rotatable bonds is 2. The van der Waals surface area contributed by atoms with E-state index in [9.17, 15) is 13.2 Å². The molecule has 0 aromatic rings. The lowest BCUT2D eigenvalue weighted by Crippen LogP contribution is -2.15. The van der Waals surface area contributed by atoms with Gasteiger partial charge in [-0.3, -0.25) is 9.35 Å². The SMILES string of the molecule is CC(C(N)=O)=C(C)S(=O)(=O)O. The third-order valence-corrected chi connectivity index (χ3v) is 2.36. The van der Waals surface area contributed by atoms with Gasteiger partial charge in [0.15, 0.2) is 0 Å². The molecule has 0 spiro atoms. The number of nitrogens with two attached hydrogens (primary N) is 1. The Bertz CT molecular complexity index is 300. The molecule has 0 atom stereocenters. The molecule has 0 radical (unpaired) electrons. The Morgan fingerprint density at radius 2 is 1.73 bits per heavy atom. The van der Waals surface area contributed by atoms with Gasteiger partial charge in [0.05, 0.1) is 4.91 Å². The minimum atomic E-state index is -4.27. The third-order valence-electron chi connectivity index (χ3n) is 1.28. The Kier molecular flexibility index (Phi) is 2.77. The zero-order chi connectivity index (χ0) is 9.23. The summed E-state index contributed by atoms with van der Waals surface area (Å²) in [6.45, 7) is 2.33. The summed E-state index contributed by atoms with van der Waals surface area (Å²) < 4.78 is 29.1. The summed E-state index contributed by atoms with van der Waals surface area (Å²) in [6.07, 6.45) is 0. The van der Waals surface area contributed by atoms with E-state index >= 15 is 0 Å².